The Labute approximate surface area is 129 Å². The Kier molecular flexibility index (Phi) is 4.88. The van der Waals surface area contributed by atoms with Crippen LogP contribution in [0.2, 0.25) is 0 Å². The highest BCUT2D eigenvalue weighted by molar-refractivity contribution is 5.69. The van der Waals surface area contributed by atoms with Crippen molar-refractivity contribution >= 4 is 17.3 Å². The Bertz CT molecular complexity index is 646. The lowest BCUT2D eigenvalue weighted by Crippen LogP contribution is -2.16. The summed E-state index contributed by atoms with van der Waals surface area (Å²) in [7, 11) is 0. The number of anilines is 2. The average molecular weight is 301 g/mol. The molecule has 2 N–H and O–H groups in total. The zero-order valence-corrected chi connectivity index (χ0v) is 12.8. The minimum atomic E-state index is -0.468. The third-order valence-corrected chi connectivity index (χ3v) is 3.08. The third kappa shape index (κ3) is 3.69. The molecule has 1 aromatic carbocycles. The fourth-order valence-corrected chi connectivity index (χ4v) is 2.07. The highest BCUT2D eigenvalue weighted by Gasteiger charge is 2.24. The van der Waals surface area contributed by atoms with Crippen molar-refractivity contribution in [2.24, 2.45) is 0 Å². The first-order valence-corrected chi connectivity index (χ1v) is 7.06. The van der Waals surface area contributed by atoms with Gasteiger partial charge in [-0.15, -0.1) is 0 Å². The number of nitro groups is 1. The Morgan fingerprint density at radius 3 is 2.18 bits per heavy atom. The minimum Gasteiger partial charge on any atom is -0.362 e. The molecule has 2 rings (SSSR count). The smallest absolute Gasteiger partial charge is 0.353 e. The maximum absolute atomic E-state index is 11.4. The second-order valence-corrected chi connectivity index (χ2v) is 5.25. The molecule has 0 amide bonds. The fourth-order valence-electron chi connectivity index (χ4n) is 2.07. The minimum absolute atomic E-state index is 0.0352. The van der Waals surface area contributed by atoms with Crippen LogP contribution in [0.4, 0.5) is 17.3 Å². The molecule has 22 heavy (non-hydrogen) atoms. The van der Waals surface area contributed by atoms with Gasteiger partial charge in [-0.05, 0) is 26.3 Å². The normalized spacial score (nSPS) is 12.0. The highest BCUT2D eigenvalue weighted by atomic mass is 16.6. The van der Waals surface area contributed by atoms with E-state index in [0.717, 1.165) is 5.56 Å². The Balaban J connectivity index is 2.32. The van der Waals surface area contributed by atoms with Crippen LogP contribution in [0.25, 0.3) is 0 Å². The zero-order chi connectivity index (χ0) is 16.1. The molecule has 1 heterocycles. The molecule has 0 aliphatic carbocycles. The summed E-state index contributed by atoms with van der Waals surface area (Å²) in [5.41, 5.74) is 0.882. The van der Waals surface area contributed by atoms with Crippen molar-refractivity contribution in [1.29, 1.82) is 0 Å². The van der Waals surface area contributed by atoms with Crippen LogP contribution in [0.3, 0.4) is 0 Å². The molecule has 7 heteroatoms. The van der Waals surface area contributed by atoms with E-state index in [1.54, 1.807) is 0 Å². The van der Waals surface area contributed by atoms with Crippen molar-refractivity contribution in [3.63, 3.8) is 0 Å². The Morgan fingerprint density at radius 1 is 1.05 bits per heavy atom. The Morgan fingerprint density at radius 2 is 1.64 bits per heavy atom. The van der Waals surface area contributed by atoms with Gasteiger partial charge in [0.25, 0.3) is 0 Å². The summed E-state index contributed by atoms with van der Waals surface area (Å²) in [6.07, 6.45) is 1.32. The number of hydrogen-bond acceptors (Lipinski definition) is 6. The summed E-state index contributed by atoms with van der Waals surface area (Å²) in [6.45, 7) is 5.72. The summed E-state index contributed by atoms with van der Waals surface area (Å²) < 4.78 is 0. The van der Waals surface area contributed by atoms with E-state index in [1.807, 2.05) is 51.1 Å². The van der Waals surface area contributed by atoms with Gasteiger partial charge in [0, 0.05) is 6.04 Å². The molecule has 1 unspecified atom stereocenters. The van der Waals surface area contributed by atoms with Gasteiger partial charge in [-0.3, -0.25) is 10.1 Å². The van der Waals surface area contributed by atoms with E-state index < -0.39 is 4.92 Å². The van der Waals surface area contributed by atoms with Crippen LogP contribution in [0.1, 0.15) is 32.4 Å². The number of nitrogens with one attached hydrogen (secondary N) is 2. The first kappa shape index (κ1) is 15.7. The molecule has 0 aliphatic rings. The van der Waals surface area contributed by atoms with Crippen molar-refractivity contribution < 1.29 is 4.92 Å². The van der Waals surface area contributed by atoms with E-state index in [9.17, 15) is 10.1 Å². The van der Waals surface area contributed by atoms with Crippen molar-refractivity contribution in [1.82, 2.24) is 9.97 Å². The van der Waals surface area contributed by atoms with Crippen LogP contribution >= 0.6 is 0 Å². The van der Waals surface area contributed by atoms with Crippen molar-refractivity contribution in [3.8, 4) is 0 Å². The second-order valence-electron chi connectivity index (χ2n) is 5.25. The molecular weight excluding hydrogens is 282 g/mol. The monoisotopic (exact) mass is 301 g/mol. The topological polar surface area (TPSA) is 93.0 Å². The summed E-state index contributed by atoms with van der Waals surface area (Å²) in [6, 6.07) is 9.61. The Hall–Kier alpha value is -2.70. The van der Waals surface area contributed by atoms with Gasteiger partial charge >= 0.3 is 5.69 Å². The molecule has 116 valence electrons. The summed E-state index contributed by atoms with van der Waals surface area (Å²) >= 11 is 0. The lowest BCUT2D eigenvalue weighted by molar-refractivity contribution is -0.383. The molecule has 0 bridgehead atoms. The standard InChI is InChI=1S/C15H19N5O2/c1-10(2)18-14-13(20(21)22)15(17-9-16-14)19-11(3)12-7-5-4-6-8-12/h4-11H,1-3H3,(H2,16,17,18,19). The largest absolute Gasteiger partial charge is 0.362 e. The van der Waals surface area contributed by atoms with Gasteiger partial charge in [-0.1, -0.05) is 30.3 Å². The quantitative estimate of drug-likeness (QED) is 0.627. The molecule has 1 aromatic heterocycles. The van der Waals surface area contributed by atoms with E-state index in [0.29, 0.717) is 0 Å². The van der Waals surface area contributed by atoms with Crippen molar-refractivity contribution in [3.05, 3.63) is 52.3 Å². The van der Waals surface area contributed by atoms with Gasteiger partial charge in [0.2, 0.25) is 11.6 Å². The molecule has 1 atom stereocenters. The van der Waals surface area contributed by atoms with Gasteiger partial charge < -0.3 is 10.6 Å². The molecular formula is C15H19N5O2. The summed E-state index contributed by atoms with van der Waals surface area (Å²) in [5, 5.41) is 17.5. The molecule has 0 saturated heterocycles. The molecule has 0 radical (unpaired) electrons. The maximum atomic E-state index is 11.4. The number of rotatable bonds is 6. The predicted molar refractivity (Wildman–Crippen MR) is 85.9 cm³/mol. The third-order valence-electron chi connectivity index (χ3n) is 3.08. The van der Waals surface area contributed by atoms with Gasteiger partial charge in [-0.25, -0.2) is 9.97 Å². The van der Waals surface area contributed by atoms with Crippen LogP contribution in [0.15, 0.2) is 36.7 Å². The molecule has 7 nitrogen and oxygen atoms in total. The van der Waals surface area contributed by atoms with E-state index in [-0.39, 0.29) is 29.4 Å². The van der Waals surface area contributed by atoms with Crippen LogP contribution < -0.4 is 10.6 Å². The van der Waals surface area contributed by atoms with E-state index >= 15 is 0 Å². The van der Waals surface area contributed by atoms with Gasteiger partial charge in [0.05, 0.1) is 11.0 Å². The molecule has 0 spiro atoms. The maximum Gasteiger partial charge on any atom is 0.353 e. The lowest BCUT2D eigenvalue weighted by atomic mass is 10.1. The molecule has 0 fully saturated rings. The number of benzene rings is 1. The lowest BCUT2D eigenvalue weighted by Gasteiger charge is -2.16. The first-order valence-electron chi connectivity index (χ1n) is 7.06. The van der Waals surface area contributed by atoms with Crippen LogP contribution in [-0.2, 0) is 0 Å². The van der Waals surface area contributed by atoms with Crippen LogP contribution in [0.5, 0.6) is 0 Å². The highest BCUT2D eigenvalue weighted by Crippen LogP contribution is 2.31. The zero-order valence-electron chi connectivity index (χ0n) is 12.8. The summed E-state index contributed by atoms with van der Waals surface area (Å²) in [5.74, 6) is 0.428. The van der Waals surface area contributed by atoms with E-state index in [2.05, 4.69) is 20.6 Å². The van der Waals surface area contributed by atoms with Crippen LogP contribution in [-0.4, -0.2) is 20.9 Å². The van der Waals surface area contributed by atoms with E-state index in [4.69, 9.17) is 0 Å². The molecule has 2 aromatic rings. The average Bonchev–Trinajstić information content (AvgIpc) is 2.47. The SMILES string of the molecule is CC(C)Nc1ncnc(NC(C)c2ccccc2)c1[N+](=O)[O-]. The molecule has 0 saturated carbocycles. The van der Waals surface area contributed by atoms with Gasteiger partial charge in [0.15, 0.2) is 0 Å². The first-order chi connectivity index (χ1) is 10.5. The van der Waals surface area contributed by atoms with Gasteiger partial charge in [0.1, 0.15) is 6.33 Å². The van der Waals surface area contributed by atoms with Gasteiger partial charge in [-0.2, -0.15) is 0 Å². The van der Waals surface area contributed by atoms with E-state index in [1.165, 1.54) is 6.33 Å². The number of nitrogens with zero attached hydrogens (tertiary/aromatic N) is 3. The summed E-state index contributed by atoms with van der Waals surface area (Å²) in [4.78, 5) is 18.9. The second kappa shape index (κ2) is 6.84. The molecule has 0 aliphatic heterocycles. The van der Waals surface area contributed by atoms with Crippen molar-refractivity contribution in [2.45, 2.75) is 32.9 Å². The number of hydrogen-bond donors (Lipinski definition) is 2. The predicted octanol–water partition coefficient (Wildman–Crippen LogP) is 3.38. The number of aromatic nitrogens is 2. The van der Waals surface area contributed by atoms with Crippen LogP contribution in [0, 0.1) is 10.1 Å². The van der Waals surface area contributed by atoms with Crippen molar-refractivity contribution in [2.75, 3.05) is 10.6 Å². The fraction of sp³-hybridized carbons (Fsp3) is 0.333.